The fourth-order valence-corrected chi connectivity index (χ4v) is 0.956. The van der Waals surface area contributed by atoms with Crippen molar-refractivity contribution in [3.8, 4) is 0 Å². The Morgan fingerprint density at radius 1 is 1.33 bits per heavy atom. The molecule has 0 amide bonds. The molecule has 0 aliphatic heterocycles. The molecule has 0 heterocycles. The quantitative estimate of drug-likeness (QED) is 0.671. The molecule has 0 aliphatic carbocycles. The van der Waals surface area contributed by atoms with Gasteiger partial charge in [0.2, 0.25) is 0 Å². The second-order valence-electron chi connectivity index (χ2n) is 4.33. The SMILES string of the molecule is CC(C)(C)OC(=O)CCCC(O)C(=O)O. The third-order valence-electron chi connectivity index (χ3n) is 1.56. The standard InChI is InChI=1S/C10H18O5/c1-10(2,3)15-8(12)6-4-5-7(11)9(13)14/h7,11H,4-6H2,1-3H3,(H,13,14). The lowest BCUT2D eigenvalue weighted by atomic mass is 10.1. The highest BCUT2D eigenvalue weighted by Crippen LogP contribution is 2.10. The van der Waals surface area contributed by atoms with Crippen molar-refractivity contribution in [3.63, 3.8) is 0 Å². The third kappa shape index (κ3) is 7.93. The molecule has 15 heavy (non-hydrogen) atoms. The van der Waals surface area contributed by atoms with Gasteiger partial charge in [-0.15, -0.1) is 0 Å². The smallest absolute Gasteiger partial charge is 0.332 e. The van der Waals surface area contributed by atoms with E-state index in [9.17, 15) is 9.59 Å². The van der Waals surface area contributed by atoms with Gasteiger partial charge < -0.3 is 14.9 Å². The van der Waals surface area contributed by atoms with Crippen LogP contribution in [0.15, 0.2) is 0 Å². The van der Waals surface area contributed by atoms with Crippen LogP contribution < -0.4 is 0 Å². The monoisotopic (exact) mass is 218 g/mol. The van der Waals surface area contributed by atoms with Crippen LogP contribution in [0.2, 0.25) is 0 Å². The highest BCUT2D eigenvalue weighted by atomic mass is 16.6. The normalized spacial score (nSPS) is 13.3. The molecule has 0 fully saturated rings. The van der Waals surface area contributed by atoms with E-state index in [2.05, 4.69) is 0 Å². The number of esters is 1. The van der Waals surface area contributed by atoms with Crippen molar-refractivity contribution in [2.24, 2.45) is 0 Å². The van der Waals surface area contributed by atoms with E-state index in [1.165, 1.54) is 0 Å². The van der Waals surface area contributed by atoms with Crippen LogP contribution in [0.5, 0.6) is 0 Å². The Hall–Kier alpha value is -1.10. The molecule has 0 aromatic carbocycles. The number of carbonyl (C=O) groups is 2. The summed E-state index contributed by atoms with van der Waals surface area (Å²) in [5, 5.41) is 17.3. The first kappa shape index (κ1) is 13.9. The van der Waals surface area contributed by atoms with Gasteiger partial charge in [0.05, 0.1) is 0 Å². The van der Waals surface area contributed by atoms with Gasteiger partial charge in [-0.25, -0.2) is 4.79 Å². The fraction of sp³-hybridized carbons (Fsp3) is 0.800. The Morgan fingerprint density at radius 3 is 2.27 bits per heavy atom. The van der Waals surface area contributed by atoms with Crippen LogP contribution in [-0.4, -0.2) is 33.9 Å². The number of carbonyl (C=O) groups excluding carboxylic acids is 1. The van der Waals surface area contributed by atoms with E-state index in [1.54, 1.807) is 20.8 Å². The number of carboxylic acid groups (broad SMARTS) is 1. The second kappa shape index (κ2) is 5.70. The first-order chi connectivity index (χ1) is 6.72. The van der Waals surface area contributed by atoms with E-state index in [-0.39, 0.29) is 18.8 Å². The molecule has 5 nitrogen and oxygen atoms in total. The Balaban J connectivity index is 3.69. The zero-order valence-corrected chi connectivity index (χ0v) is 9.32. The fourth-order valence-electron chi connectivity index (χ4n) is 0.956. The van der Waals surface area contributed by atoms with Crippen LogP contribution in [0.25, 0.3) is 0 Å². The number of aliphatic carboxylic acids is 1. The minimum atomic E-state index is -1.40. The maximum atomic E-state index is 11.2. The molecule has 0 bridgehead atoms. The number of ether oxygens (including phenoxy) is 1. The van der Waals surface area contributed by atoms with Crippen molar-refractivity contribution in [2.75, 3.05) is 0 Å². The van der Waals surface area contributed by atoms with Crippen molar-refractivity contribution in [2.45, 2.75) is 51.7 Å². The average molecular weight is 218 g/mol. The highest BCUT2D eigenvalue weighted by molar-refractivity contribution is 5.72. The summed E-state index contributed by atoms with van der Waals surface area (Å²) < 4.78 is 5.01. The predicted molar refractivity (Wildman–Crippen MR) is 53.3 cm³/mol. The van der Waals surface area contributed by atoms with Crippen LogP contribution in [0.3, 0.4) is 0 Å². The number of aliphatic hydroxyl groups is 1. The third-order valence-corrected chi connectivity index (χ3v) is 1.56. The molecule has 1 unspecified atom stereocenters. The summed E-state index contributed by atoms with van der Waals surface area (Å²) in [4.78, 5) is 21.4. The summed E-state index contributed by atoms with van der Waals surface area (Å²) in [7, 11) is 0. The second-order valence-corrected chi connectivity index (χ2v) is 4.33. The lowest BCUT2D eigenvalue weighted by Crippen LogP contribution is -2.24. The molecule has 0 rings (SSSR count). The maximum absolute atomic E-state index is 11.2. The van der Waals surface area contributed by atoms with Gasteiger partial charge in [0.1, 0.15) is 5.60 Å². The molecule has 0 aliphatic rings. The highest BCUT2D eigenvalue weighted by Gasteiger charge is 2.17. The Kier molecular flexibility index (Phi) is 5.28. The number of carboxylic acids is 1. The molecule has 0 saturated heterocycles. The summed E-state index contributed by atoms with van der Waals surface area (Å²) in [6.45, 7) is 5.28. The van der Waals surface area contributed by atoms with Gasteiger partial charge in [-0.3, -0.25) is 4.79 Å². The van der Waals surface area contributed by atoms with Crippen molar-refractivity contribution < 1.29 is 24.5 Å². The lowest BCUT2D eigenvalue weighted by Gasteiger charge is -2.19. The van der Waals surface area contributed by atoms with Crippen LogP contribution in [0, 0.1) is 0 Å². The van der Waals surface area contributed by atoms with Crippen molar-refractivity contribution in [1.82, 2.24) is 0 Å². The summed E-state index contributed by atoms with van der Waals surface area (Å²) in [6, 6.07) is 0. The van der Waals surface area contributed by atoms with Gasteiger partial charge in [-0.05, 0) is 33.6 Å². The van der Waals surface area contributed by atoms with Crippen LogP contribution >= 0.6 is 0 Å². The van der Waals surface area contributed by atoms with E-state index in [0.717, 1.165) is 0 Å². The Morgan fingerprint density at radius 2 is 1.87 bits per heavy atom. The van der Waals surface area contributed by atoms with Crippen LogP contribution in [0.4, 0.5) is 0 Å². The van der Waals surface area contributed by atoms with Gasteiger partial charge in [0.25, 0.3) is 0 Å². The van der Waals surface area contributed by atoms with Gasteiger partial charge in [0.15, 0.2) is 6.10 Å². The maximum Gasteiger partial charge on any atom is 0.332 e. The number of rotatable bonds is 5. The molecule has 0 aromatic rings. The van der Waals surface area contributed by atoms with E-state index < -0.39 is 17.7 Å². The van der Waals surface area contributed by atoms with E-state index in [4.69, 9.17) is 14.9 Å². The van der Waals surface area contributed by atoms with Crippen molar-refractivity contribution in [3.05, 3.63) is 0 Å². The van der Waals surface area contributed by atoms with Gasteiger partial charge in [0, 0.05) is 6.42 Å². The van der Waals surface area contributed by atoms with Gasteiger partial charge >= 0.3 is 11.9 Å². The van der Waals surface area contributed by atoms with E-state index >= 15 is 0 Å². The zero-order chi connectivity index (χ0) is 12.1. The summed E-state index contributed by atoms with van der Waals surface area (Å²) in [5.74, 6) is -1.64. The number of aliphatic hydroxyl groups excluding tert-OH is 1. The molecule has 2 N–H and O–H groups in total. The molecule has 88 valence electrons. The van der Waals surface area contributed by atoms with Gasteiger partial charge in [-0.1, -0.05) is 0 Å². The molecular formula is C10H18O5. The summed E-state index contributed by atoms with van der Waals surface area (Å²) >= 11 is 0. The Bertz CT molecular complexity index is 228. The van der Waals surface area contributed by atoms with Crippen LogP contribution in [-0.2, 0) is 14.3 Å². The molecule has 5 heteroatoms. The molecule has 1 atom stereocenters. The molecule has 0 saturated carbocycles. The van der Waals surface area contributed by atoms with Gasteiger partial charge in [-0.2, -0.15) is 0 Å². The first-order valence-electron chi connectivity index (χ1n) is 4.85. The first-order valence-corrected chi connectivity index (χ1v) is 4.85. The zero-order valence-electron chi connectivity index (χ0n) is 9.32. The van der Waals surface area contributed by atoms with Crippen molar-refractivity contribution >= 4 is 11.9 Å². The van der Waals surface area contributed by atoms with Crippen LogP contribution in [0.1, 0.15) is 40.0 Å². The topological polar surface area (TPSA) is 83.8 Å². The molecule has 0 aromatic heterocycles. The predicted octanol–water partition coefficient (Wildman–Crippen LogP) is 0.944. The minimum Gasteiger partial charge on any atom is -0.479 e. The van der Waals surface area contributed by atoms with E-state index in [0.29, 0.717) is 6.42 Å². The number of hydrogen-bond acceptors (Lipinski definition) is 4. The molecular weight excluding hydrogens is 200 g/mol. The van der Waals surface area contributed by atoms with Crippen molar-refractivity contribution in [1.29, 1.82) is 0 Å². The number of hydrogen-bond donors (Lipinski definition) is 2. The molecule has 0 radical (unpaired) electrons. The van der Waals surface area contributed by atoms with E-state index in [1.807, 2.05) is 0 Å². The average Bonchev–Trinajstić information content (AvgIpc) is 2.00. The summed E-state index contributed by atoms with van der Waals surface area (Å²) in [5.41, 5.74) is -0.525. The minimum absolute atomic E-state index is 0.0641. The Labute approximate surface area is 89.0 Å². The molecule has 0 spiro atoms. The largest absolute Gasteiger partial charge is 0.479 e. The lowest BCUT2D eigenvalue weighted by molar-refractivity contribution is -0.155. The summed E-state index contributed by atoms with van der Waals surface area (Å²) in [6.07, 6.45) is -0.897.